The normalized spacial score (nSPS) is 12.3. The molecule has 10 rings (SSSR count). The van der Waals surface area contributed by atoms with Gasteiger partial charge in [0.25, 0.3) is 0 Å². The molecule has 0 unspecified atom stereocenters. The monoisotopic (exact) mass is 1240 g/mol. The van der Waals surface area contributed by atoms with Crippen molar-refractivity contribution >= 4 is 129 Å². The Balaban J connectivity index is 0.00000283. The summed E-state index contributed by atoms with van der Waals surface area (Å²) in [5.41, 5.74) is -1.75. The molecule has 0 atom stereocenters. The van der Waals surface area contributed by atoms with Crippen molar-refractivity contribution in [1.29, 1.82) is 0 Å². The molecular formula is C52H30N8Na4O16S4. The second-order valence-corrected chi connectivity index (χ2v) is 22.7. The fourth-order valence-corrected chi connectivity index (χ4v) is 10.8. The van der Waals surface area contributed by atoms with Crippen LogP contribution in [0, 0.1) is 0 Å². The van der Waals surface area contributed by atoms with Gasteiger partial charge in [0.1, 0.15) is 74.7 Å². The van der Waals surface area contributed by atoms with Crippen LogP contribution in [0.4, 0.5) is 45.5 Å². The Labute approximate surface area is 565 Å². The number of phenols is 4. The molecule has 402 valence electrons. The molecular weight excluding hydrogens is 1210 g/mol. The fourth-order valence-electron chi connectivity index (χ4n) is 8.46. The number of rotatable bonds is 13. The van der Waals surface area contributed by atoms with Crippen molar-refractivity contribution in [2.24, 2.45) is 40.9 Å². The average Bonchev–Trinajstić information content (AvgIpc) is 1.85. The summed E-state index contributed by atoms with van der Waals surface area (Å²) < 4.78 is 149. The second-order valence-electron chi connectivity index (χ2n) is 17.2. The summed E-state index contributed by atoms with van der Waals surface area (Å²) in [6, 6.07) is 35.4. The Morgan fingerprint density at radius 2 is 0.655 bits per heavy atom. The molecule has 0 radical (unpaired) electrons. The minimum Gasteiger partial charge on any atom is -0.744 e. The number of nitrogens with zero attached hydrogens (tertiary/aromatic N) is 8. The van der Waals surface area contributed by atoms with Crippen LogP contribution in [0.1, 0.15) is 0 Å². The molecule has 0 aliphatic heterocycles. The van der Waals surface area contributed by atoms with Crippen molar-refractivity contribution in [3.63, 3.8) is 0 Å². The van der Waals surface area contributed by atoms with Crippen LogP contribution in [0.2, 0.25) is 0 Å². The molecule has 4 N–H and O–H groups in total. The van der Waals surface area contributed by atoms with E-state index in [1.807, 2.05) is 0 Å². The third-order valence-electron chi connectivity index (χ3n) is 12.2. The molecule has 0 saturated heterocycles. The van der Waals surface area contributed by atoms with Crippen LogP contribution in [-0.2, 0) is 40.5 Å². The van der Waals surface area contributed by atoms with Crippen molar-refractivity contribution < 1.29 is 191 Å². The molecule has 32 heteroatoms. The summed E-state index contributed by atoms with van der Waals surface area (Å²) in [5.74, 6) is -2.71. The van der Waals surface area contributed by atoms with Gasteiger partial charge in [-0.25, -0.2) is 33.7 Å². The van der Waals surface area contributed by atoms with Gasteiger partial charge in [0, 0.05) is 10.8 Å². The van der Waals surface area contributed by atoms with E-state index < -0.39 is 116 Å². The van der Waals surface area contributed by atoms with Gasteiger partial charge >= 0.3 is 118 Å². The molecule has 10 aromatic rings. The number of fused-ring (bicyclic) bond motifs is 4. The van der Waals surface area contributed by atoms with Crippen LogP contribution in [-0.4, -0.2) is 72.3 Å². The summed E-state index contributed by atoms with van der Waals surface area (Å²) in [7, 11) is -21.5. The van der Waals surface area contributed by atoms with Gasteiger partial charge < -0.3 is 38.6 Å². The van der Waals surface area contributed by atoms with E-state index in [4.69, 9.17) is 0 Å². The van der Waals surface area contributed by atoms with E-state index >= 15 is 0 Å². The largest absolute Gasteiger partial charge is 1.00 e. The van der Waals surface area contributed by atoms with Gasteiger partial charge in [0.05, 0.1) is 53.1 Å². The third-order valence-corrected chi connectivity index (χ3v) is 15.5. The molecule has 24 nitrogen and oxygen atoms in total. The average molecular weight is 1240 g/mol. The van der Waals surface area contributed by atoms with Gasteiger partial charge in [-0.1, -0.05) is 84.9 Å². The zero-order valence-corrected chi connectivity index (χ0v) is 55.2. The molecule has 0 aromatic heterocycles. The van der Waals surface area contributed by atoms with Crippen LogP contribution in [0.3, 0.4) is 0 Å². The zero-order valence-electron chi connectivity index (χ0n) is 43.9. The molecule has 0 aliphatic rings. The number of phenolic OH excluding ortho intramolecular Hbond substituents is 4. The van der Waals surface area contributed by atoms with E-state index in [1.54, 1.807) is 84.9 Å². The number of benzene rings is 10. The van der Waals surface area contributed by atoms with E-state index in [0.717, 1.165) is 24.3 Å². The van der Waals surface area contributed by atoms with E-state index in [-0.39, 0.29) is 152 Å². The molecule has 0 saturated carbocycles. The SMILES string of the molecule is O=S(=O)([O-])c1cc(N=Nc2c(O)ccc3ccccc23)c2c(O)c(N=Nc3ccc(-c4ccc(N=Nc5c(S(=O)(=O)[O-])cc6cc(S(=O)(=O)[O-])cc(N=Nc7c(O)ccc8ccccc78)c6c5O)cc4)cc3)c(S(=O)(=O)[O-])cc2c1.[Na+].[Na+].[Na+].[Na+]. The smallest absolute Gasteiger partial charge is 0.744 e. The first kappa shape index (κ1) is 67.6. The Morgan fingerprint density at radius 3 is 0.988 bits per heavy atom. The van der Waals surface area contributed by atoms with Crippen LogP contribution in [0.25, 0.3) is 54.2 Å². The van der Waals surface area contributed by atoms with Gasteiger partial charge in [0.15, 0.2) is 11.5 Å². The van der Waals surface area contributed by atoms with E-state index in [0.29, 0.717) is 44.8 Å². The van der Waals surface area contributed by atoms with E-state index in [9.17, 15) is 72.3 Å². The second kappa shape index (κ2) is 26.6. The predicted molar refractivity (Wildman–Crippen MR) is 283 cm³/mol. The maximum Gasteiger partial charge on any atom is 1.00 e. The van der Waals surface area contributed by atoms with E-state index in [2.05, 4.69) is 40.9 Å². The first-order valence-electron chi connectivity index (χ1n) is 22.6. The number of hydrogen-bond donors (Lipinski definition) is 4. The van der Waals surface area contributed by atoms with E-state index in [1.165, 1.54) is 36.4 Å². The minimum atomic E-state index is -5.50. The summed E-state index contributed by atoms with van der Waals surface area (Å²) in [6.45, 7) is 0. The number of hydrogen-bond acceptors (Lipinski definition) is 24. The Bertz CT molecular complexity index is 4590. The third kappa shape index (κ3) is 14.3. The zero-order chi connectivity index (χ0) is 57.1. The number of azo groups is 4. The van der Waals surface area contributed by atoms with Gasteiger partial charge in [-0.05, 0) is 105 Å². The summed E-state index contributed by atoms with van der Waals surface area (Å²) >= 11 is 0. The molecule has 0 spiro atoms. The topological polar surface area (TPSA) is 409 Å². The van der Waals surface area contributed by atoms with Gasteiger partial charge in [-0.2, -0.15) is 10.2 Å². The Morgan fingerprint density at radius 1 is 0.321 bits per heavy atom. The fraction of sp³-hybridized carbons (Fsp3) is 0. The maximum absolute atomic E-state index is 12.6. The van der Waals surface area contributed by atoms with Crippen molar-refractivity contribution in [3.8, 4) is 34.1 Å². The summed E-state index contributed by atoms with van der Waals surface area (Å²) in [4.78, 5) is -4.13. The van der Waals surface area contributed by atoms with Crippen molar-refractivity contribution in [1.82, 2.24) is 0 Å². The van der Waals surface area contributed by atoms with Crippen LogP contribution in [0.5, 0.6) is 23.0 Å². The Kier molecular flexibility index (Phi) is 21.4. The van der Waals surface area contributed by atoms with Crippen molar-refractivity contribution in [2.75, 3.05) is 0 Å². The first-order valence-corrected chi connectivity index (χ1v) is 28.3. The molecule has 0 amide bonds. The number of aromatic hydroxyl groups is 4. The first-order chi connectivity index (χ1) is 37.8. The molecule has 10 aromatic carbocycles. The van der Waals surface area contributed by atoms with Gasteiger partial charge in [-0.3, -0.25) is 0 Å². The van der Waals surface area contributed by atoms with Gasteiger partial charge in [-0.15, -0.1) is 30.7 Å². The van der Waals surface area contributed by atoms with Crippen LogP contribution in [0.15, 0.2) is 218 Å². The summed E-state index contributed by atoms with van der Waals surface area (Å²) in [5, 5.41) is 76.9. The van der Waals surface area contributed by atoms with Crippen LogP contribution < -0.4 is 118 Å². The van der Waals surface area contributed by atoms with Crippen molar-refractivity contribution in [2.45, 2.75) is 19.6 Å². The Hall–Kier alpha value is -5.52. The molecule has 0 aliphatic carbocycles. The molecule has 0 fully saturated rings. The standard InChI is InChI=1S/C52H34N8O16S4.4Na/c61-41-19-13-29-5-1-3-7-37(29)47(41)57-55-39-25-35(77(65,66)67)21-31-23-43(79(71,72)73)49(51(63)45(31)39)59-53-33-15-9-27(10-16-33)28-11-17-34(18-12-28)54-60-50-44(80(74,75)76)24-32-22-36(78(68,69)70)26-40(46(32)52(50)64)56-58-48-38-8-4-2-6-30(38)14-20-42(48)62;;;;/h1-26,61-64H,(H,65,66,67)(H,68,69,70)(H,71,72,73)(H,74,75,76);;;;/q;4*+1/p-4. The summed E-state index contributed by atoms with van der Waals surface area (Å²) in [6.07, 6.45) is 0. The van der Waals surface area contributed by atoms with Crippen LogP contribution >= 0.6 is 0 Å². The maximum atomic E-state index is 12.6. The molecule has 0 heterocycles. The van der Waals surface area contributed by atoms with Crippen molar-refractivity contribution in [3.05, 3.63) is 158 Å². The quantitative estimate of drug-likeness (QED) is 0.0675. The predicted octanol–water partition coefficient (Wildman–Crippen LogP) is 0.0828. The minimum absolute atomic E-state index is 0. The molecule has 84 heavy (non-hydrogen) atoms. The van der Waals surface area contributed by atoms with Gasteiger partial charge in [0.2, 0.25) is 0 Å². The molecule has 0 bridgehead atoms.